The quantitative estimate of drug-likeness (QED) is 0.659. The van der Waals surface area contributed by atoms with Gasteiger partial charge in [0.25, 0.3) is 5.56 Å². The lowest BCUT2D eigenvalue weighted by Crippen LogP contribution is -2.20. The van der Waals surface area contributed by atoms with Crippen LogP contribution >= 0.6 is 0 Å². The van der Waals surface area contributed by atoms with Gasteiger partial charge in [0.2, 0.25) is 0 Å². The highest BCUT2D eigenvalue weighted by Gasteiger charge is 2.13. The first-order valence-electron chi connectivity index (χ1n) is 7.01. The van der Waals surface area contributed by atoms with Gasteiger partial charge in [0.1, 0.15) is 11.4 Å². The molecule has 0 radical (unpaired) electrons. The van der Waals surface area contributed by atoms with Crippen molar-refractivity contribution in [2.24, 2.45) is 4.99 Å². The number of methoxy groups -OCH3 is 1. The maximum Gasteiger partial charge on any atom is 0.272 e. The van der Waals surface area contributed by atoms with E-state index in [9.17, 15) is 4.79 Å². The van der Waals surface area contributed by atoms with Crippen molar-refractivity contribution in [2.75, 3.05) is 7.11 Å². The molecule has 0 saturated carbocycles. The number of fused-ring (bicyclic) bond motifs is 1. The maximum atomic E-state index is 12.0. The first kappa shape index (κ1) is 13.3. The monoisotopic (exact) mass is 307 g/mol. The first-order valence-corrected chi connectivity index (χ1v) is 7.01. The molecule has 0 bridgehead atoms. The Hall–Kier alpha value is -3.35. The summed E-state index contributed by atoms with van der Waals surface area (Å²) in [5.41, 5.74) is 1.56. The molecule has 2 aromatic heterocycles. The fourth-order valence-corrected chi connectivity index (χ4v) is 2.52. The van der Waals surface area contributed by atoms with Gasteiger partial charge >= 0.3 is 0 Å². The Morgan fingerprint density at radius 3 is 2.96 bits per heavy atom. The largest absolute Gasteiger partial charge is 0.497 e. The molecule has 3 N–H and O–H groups in total. The van der Waals surface area contributed by atoms with Crippen LogP contribution < -0.4 is 20.9 Å². The number of rotatable bonds is 3. The van der Waals surface area contributed by atoms with Crippen molar-refractivity contribution in [3.8, 4) is 17.3 Å². The standard InChI is InChI=1S/C16H13N5O2/c1-23-11-2-3-13-9(7-11)6-10(19-13)8-12-14(20-21-16(12)22)15-17-4-5-18-15/h2-8H,1H3,(H,17,18)(H2,20,21,22). The van der Waals surface area contributed by atoms with Crippen molar-refractivity contribution in [2.45, 2.75) is 0 Å². The van der Waals surface area contributed by atoms with Crippen molar-refractivity contribution in [3.05, 3.63) is 62.8 Å². The molecule has 7 heteroatoms. The van der Waals surface area contributed by atoms with Crippen molar-refractivity contribution in [1.82, 2.24) is 20.2 Å². The second-order valence-electron chi connectivity index (χ2n) is 5.06. The molecule has 3 aromatic rings. The lowest BCUT2D eigenvalue weighted by Gasteiger charge is -1.95. The summed E-state index contributed by atoms with van der Waals surface area (Å²) in [5.74, 6) is 1.36. The zero-order valence-corrected chi connectivity index (χ0v) is 12.3. The van der Waals surface area contributed by atoms with E-state index in [0.717, 1.165) is 16.3 Å². The Bertz CT molecular complexity index is 1070. The number of imidazole rings is 1. The lowest BCUT2D eigenvalue weighted by atomic mass is 10.2. The van der Waals surface area contributed by atoms with Crippen LogP contribution in [0.2, 0.25) is 0 Å². The van der Waals surface area contributed by atoms with Gasteiger partial charge in [0.05, 0.1) is 23.7 Å². The van der Waals surface area contributed by atoms with E-state index in [2.05, 4.69) is 25.2 Å². The molecule has 1 aliphatic heterocycles. The fourth-order valence-electron chi connectivity index (χ4n) is 2.52. The van der Waals surface area contributed by atoms with Crippen LogP contribution in [-0.2, 0) is 0 Å². The summed E-state index contributed by atoms with van der Waals surface area (Å²) in [7, 11) is 1.62. The molecule has 3 heterocycles. The second kappa shape index (κ2) is 5.13. The maximum absolute atomic E-state index is 12.0. The Morgan fingerprint density at radius 1 is 1.26 bits per heavy atom. The Labute approximate surface area is 130 Å². The number of ether oxygens (including phenoxy) is 1. The van der Waals surface area contributed by atoms with Gasteiger partial charge in [-0.05, 0) is 30.4 Å². The van der Waals surface area contributed by atoms with Crippen molar-refractivity contribution in [3.63, 3.8) is 0 Å². The van der Waals surface area contributed by atoms with Crippen LogP contribution in [0, 0.1) is 0 Å². The van der Waals surface area contributed by atoms with Gasteiger partial charge in [-0.25, -0.2) is 9.98 Å². The number of nitrogens with one attached hydrogen (secondary N) is 3. The molecule has 0 aliphatic carbocycles. The van der Waals surface area contributed by atoms with E-state index in [1.54, 1.807) is 25.6 Å². The van der Waals surface area contributed by atoms with E-state index in [-0.39, 0.29) is 5.56 Å². The van der Waals surface area contributed by atoms with E-state index in [1.807, 2.05) is 24.3 Å². The lowest BCUT2D eigenvalue weighted by molar-refractivity contribution is 0.414. The average molecular weight is 307 g/mol. The number of aromatic nitrogens is 4. The zero-order valence-electron chi connectivity index (χ0n) is 12.3. The summed E-state index contributed by atoms with van der Waals surface area (Å²) in [6, 6.07) is 5.66. The fraction of sp³-hybridized carbons (Fsp3) is 0.0625. The van der Waals surface area contributed by atoms with Crippen molar-refractivity contribution < 1.29 is 4.74 Å². The van der Waals surface area contributed by atoms with E-state index < -0.39 is 0 Å². The molecular formula is C16H13N5O2. The van der Waals surface area contributed by atoms with E-state index in [1.165, 1.54) is 0 Å². The van der Waals surface area contributed by atoms with Gasteiger partial charge in [-0.2, -0.15) is 0 Å². The number of H-pyrrole nitrogens is 3. The number of allylic oxidation sites excluding steroid dienone is 1. The van der Waals surface area contributed by atoms with Crippen LogP contribution in [0.25, 0.3) is 23.7 Å². The molecule has 1 aromatic carbocycles. The van der Waals surface area contributed by atoms with Crippen molar-refractivity contribution >= 4 is 12.2 Å². The van der Waals surface area contributed by atoms with E-state index in [4.69, 9.17) is 4.74 Å². The van der Waals surface area contributed by atoms with Crippen LogP contribution in [-0.4, -0.2) is 27.3 Å². The summed E-state index contributed by atoms with van der Waals surface area (Å²) in [4.78, 5) is 23.7. The molecular weight excluding hydrogens is 294 g/mol. The summed E-state index contributed by atoms with van der Waals surface area (Å²) in [6.45, 7) is 0. The van der Waals surface area contributed by atoms with Crippen LogP contribution in [0.5, 0.6) is 5.75 Å². The molecule has 0 saturated heterocycles. The van der Waals surface area contributed by atoms with Crippen LogP contribution in [0.15, 0.2) is 46.1 Å². The smallest absolute Gasteiger partial charge is 0.272 e. The van der Waals surface area contributed by atoms with Gasteiger partial charge in [0, 0.05) is 17.6 Å². The molecule has 0 unspecified atom stereocenters. The molecule has 0 fully saturated rings. The SMILES string of the molecule is COc1ccc2c(c1)=CC(=Cc1c(-c3ncc[nH]3)[nH][nH]c1=O)N=2. The zero-order chi connectivity index (χ0) is 15.8. The number of benzene rings is 1. The van der Waals surface area contributed by atoms with Gasteiger partial charge in [0.15, 0.2) is 5.82 Å². The first-order chi connectivity index (χ1) is 11.2. The predicted molar refractivity (Wildman–Crippen MR) is 85.2 cm³/mol. The Kier molecular flexibility index (Phi) is 2.97. The minimum atomic E-state index is -0.221. The normalized spacial score (nSPS) is 14.4. The van der Waals surface area contributed by atoms with Crippen molar-refractivity contribution in [1.29, 1.82) is 0 Å². The molecule has 0 amide bonds. The highest BCUT2D eigenvalue weighted by Crippen LogP contribution is 2.18. The number of nitrogens with zero attached hydrogens (tertiary/aromatic N) is 2. The highest BCUT2D eigenvalue weighted by atomic mass is 16.5. The second-order valence-corrected chi connectivity index (χ2v) is 5.06. The minimum absolute atomic E-state index is 0.221. The van der Waals surface area contributed by atoms with Crippen LogP contribution in [0.1, 0.15) is 5.56 Å². The molecule has 114 valence electrons. The predicted octanol–water partition coefficient (Wildman–Crippen LogP) is 0.556. The van der Waals surface area contributed by atoms with Gasteiger partial charge in [-0.3, -0.25) is 15.0 Å². The van der Waals surface area contributed by atoms with E-state index >= 15 is 0 Å². The van der Waals surface area contributed by atoms with Crippen LogP contribution in [0.3, 0.4) is 0 Å². The third-order valence-electron chi connectivity index (χ3n) is 3.63. The molecule has 4 rings (SSSR count). The van der Waals surface area contributed by atoms with Gasteiger partial charge in [-0.1, -0.05) is 0 Å². The Balaban J connectivity index is 1.83. The Morgan fingerprint density at radius 2 is 2.17 bits per heavy atom. The average Bonchev–Trinajstić information content (AvgIpc) is 3.27. The molecule has 1 aliphatic rings. The molecule has 0 atom stereocenters. The number of hydrogen-bond donors (Lipinski definition) is 3. The summed E-state index contributed by atoms with van der Waals surface area (Å²) < 4.78 is 5.21. The third kappa shape index (κ3) is 2.28. The minimum Gasteiger partial charge on any atom is -0.497 e. The highest BCUT2D eigenvalue weighted by molar-refractivity contribution is 5.73. The number of aromatic amines is 3. The van der Waals surface area contributed by atoms with Gasteiger partial charge in [-0.15, -0.1) is 0 Å². The summed E-state index contributed by atoms with van der Waals surface area (Å²) >= 11 is 0. The molecule has 7 nitrogen and oxygen atoms in total. The van der Waals surface area contributed by atoms with Gasteiger partial charge < -0.3 is 9.72 Å². The van der Waals surface area contributed by atoms with Crippen LogP contribution in [0.4, 0.5) is 0 Å². The molecule has 23 heavy (non-hydrogen) atoms. The third-order valence-corrected chi connectivity index (χ3v) is 3.63. The number of hydrogen-bond acceptors (Lipinski definition) is 4. The topological polar surface area (TPSA) is 98.9 Å². The molecule has 0 spiro atoms. The summed E-state index contributed by atoms with van der Waals surface area (Å²) in [5, 5.41) is 7.23. The van der Waals surface area contributed by atoms with E-state index in [0.29, 0.717) is 22.8 Å². The summed E-state index contributed by atoms with van der Waals surface area (Å²) in [6.07, 6.45) is 6.98.